The molecular formula is C19H18N4O3. The highest BCUT2D eigenvalue weighted by Gasteiger charge is 2.11. The maximum atomic E-state index is 12.2. The Morgan fingerprint density at radius 1 is 1.19 bits per heavy atom. The highest BCUT2D eigenvalue weighted by molar-refractivity contribution is 5.94. The first-order valence-corrected chi connectivity index (χ1v) is 8.11. The van der Waals surface area contributed by atoms with Crippen LogP contribution in [0.1, 0.15) is 27.3 Å². The molecule has 1 amide bonds. The fourth-order valence-electron chi connectivity index (χ4n) is 2.65. The van der Waals surface area contributed by atoms with E-state index in [1.165, 1.54) is 18.2 Å². The van der Waals surface area contributed by atoms with E-state index < -0.39 is 4.92 Å². The number of nitro groups is 1. The number of nitro benzene ring substituents is 1. The molecule has 0 bridgehead atoms. The van der Waals surface area contributed by atoms with Crippen LogP contribution in [0.15, 0.2) is 60.9 Å². The van der Waals surface area contributed by atoms with Gasteiger partial charge in [-0.3, -0.25) is 14.9 Å². The summed E-state index contributed by atoms with van der Waals surface area (Å²) in [7, 11) is 0. The monoisotopic (exact) mass is 350 g/mol. The van der Waals surface area contributed by atoms with Crippen LogP contribution in [0.2, 0.25) is 0 Å². The first-order valence-electron chi connectivity index (χ1n) is 8.11. The Kier molecular flexibility index (Phi) is 5.07. The molecule has 3 rings (SSSR count). The Bertz CT molecular complexity index is 949. The molecule has 0 aliphatic carbocycles. The van der Waals surface area contributed by atoms with Crippen molar-refractivity contribution in [1.29, 1.82) is 0 Å². The third-order valence-electron chi connectivity index (χ3n) is 4.04. The lowest BCUT2D eigenvalue weighted by Crippen LogP contribution is -2.22. The molecule has 2 aromatic carbocycles. The van der Waals surface area contributed by atoms with Crippen LogP contribution in [0.4, 0.5) is 5.69 Å². The van der Waals surface area contributed by atoms with Crippen molar-refractivity contribution in [3.63, 3.8) is 0 Å². The molecule has 0 saturated carbocycles. The minimum atomic E-state index is -0.516. The maximum Gasteiger partial charge on any atom is 0.270 e. The molecule has 1 N–H and O–H groups in total. The molecular weight excluding hydrogens is 332 g/mol. The highest BCUT2D eigenvalue weighted by atomic mass is 16.6. The fraction of sp³-hybridized carbons (Fsp3) is 0.158. The number of non-ortho nitro benzene ring substituents is 1. The number of benzene rings is 2. The molecule has 26 heavy (non-hydrogen) atoms. The molecule has 1 heterocycles. The van der Waals surface area contributed by atoms with Gasteiger partial charge in [-0.25, -0.2) is 4.98 Å². The molecule has 0 atom stereocenters. The van der Waals surface area contributed by atoms with Gasteiger partial charge in [-0.2, -0.15) is 0 Å². The first-order chi connectivity index (χ1) is 12.5. The van der Waals surface area contributed by atoms with Gasteiger partial charge in [0.1, 0.15) is 5.82 Å². The van der Waals surface area contributed by atoms with Gasteiger partial charge in [0.25, 0.3) is 11.6 Å². The second-order valence-corrected chi connectivity index (χ2v) is 5.91. The van der Waals surface area contributed by atoms with E-state index in [2.05, 4.69) is 10.3 Å². The predicted molar refractivity (Wildman–Crippen MR) is 96.8 cm³/mol. The molecule has 7 heteroatoms. The number of hydrogen-bond acceptors (Lipinski definition) is 4. The normalized spacial score (nSPS) is 10.5. The maximum absolute atomic E-state index is 12.2. The van der Waals surface area contributed by atoms with Crippen LogP contribution < -0.4 is 5.32 Å². The van der Waals surface area contributed by atoms with E-state index >= 15 is 0 Å². The summed E-state index contributed by atoms with van der Waals surface area (Å²) in [6, 6.07) is 13.6. The quantitative estimate of drug-likeness (QED) is 0.546. The smallest absolute Gasteiger partial charge is 0.270 e. The van der Waals surface area contributed by atoms with E-state index in [4.69, 9.17) is 0 Å². The largest absolute Gasteiger partial charge is 0.348 e. The van der Waals surface area contributed by atoms with E-state index in [9.17, 15) is 14.9 Å². The molecule has 0 unspecified atom stereocenters. The number of carbonyl (C=O) groups is 1. The molecule has 1 aromatic heterocycles. The van der Waals surface area contributed by atoms with Crippen molar-refractivity contribution < 1.29 is 9.72 Å². The van der Waals surface area contributed by atoms with Crippen molar-refractivity contribution in [3.8, 4) is 0 Å². The first kappa shape index (κ1) is 17.3. The van der Waals surface area contributed by atoms with Gasteiger partial charge in [-0.05, 0) is 24.1 Å². The van der Waals surface area contributed by atoms with Gasteiger partial charge in [-0.1, -0.05) is 30.3 Å². The Labute approximate surface area is 150 Å². The number of aromatic nitrogens is 2. The standard InChI is InChI=1S/C19H18N4O3/c1-14-20-8-9-22(14)13-16-5-2-4-15(10-16)12-21-19(24)17-6-3-7-18(11-17)23(25)26/h2-11H,12-13H2,1H3,(H,21,24). The zero-order valence-electron chi connectivity index (χ0n) is 14.3. The van der Waals surface area contributed by atoms with E-state index in [-0.39, 0.29) is 17.2 Å². The second-order valence-electron chi connectivity index (χ2n) is 5.91. The minimum absolute atomic E-state index is 0.102. The van der Waals surface area contributed by atoms with Gasteiger partial charge in [0, 0.05) is 43.2 Å². The molecule has 0 radical (unpaired) electrons. The molecule has 0 aliphatic rings. The zero-order chi connectivity index (χ0) is 18.5. The van der Waals surface area contributed by atoms with Crippen LogP contribution in [-0.2, 0) is 13.1 Å². The lowest BCUT2D eigenvalue weighted by molar-refractivity contribution is -0.384. The Hall–Kier alpha value is -3.48. The van der Waals surface area contributed by atoms with Crippen molar-refractivity contribution in [2.75, 3.05) is 0 Å². The van der Waals surface area contributed by atoms with E-state index in [1.54, 1.807) is 12.3 Å². The summed E-state index contributed by atoms with van der Waals surface area (Å²) in [6.07, 6.45) is 3.69. The number of nitrogens with zero attached hydrogens (tertiary/aromatic N) is 3. The van der Waals surface area contributed by atoms with Crippen LogP contribution in [0, 0.1) is 17.0 Å². The van der Waals surface area contributed by atoms with Gasteiger partial charge >= 0.3 is 0 Å². The van der Waals surface area contributed by atoms with E-state index in [0.717, 1.165) is 17.0 Å². The van der Waals surface area contributed by atoms with Gasteiger partial charge in [-0.15, -0.1) is 0 Å². The molecule has 0 aliphatic heterocycles. The number of rotatable bonds is 6. The summed E-state index contributed by atoms with van der Waals surface area (Å²) in [6.45, 7) is 3.00. The summed E-state index contributed by atoms with van der Waals surface area (Å²) in [5, 5.41) is 13.6. The van der Waals surface area contributed by atoms with Crippen molar-refractivity contribution in [2.24, 2.45) is 0 Å². The lowest BCUT2D eigenvalue weighted by Gasteiger charge is -2.09. The summed E-state index contributed by atoms with van der Waals surface area (Å²) in [5.41, 5.74) is 2.23. The van der Waals surface area contributed by atoms with Crippen LogP contribution in [-0.4, -0.2) is 20.4 Å². The Morgan fingerprint density at radius 2 is 1.96 bits per heavy atom. The van der Waals surface area contributed by atoms with Gasteiger partial charge in [0.05, 0.1) is 4.92 Å². The third kappa shape index (κ3) is 4.13. The van der Waals surface area contributed by atoms with E-state index in [0.29, 0.717) is 13.1 Å². The van der Waals surface area contributed by atoms with Crippen LogP contribution in [0.3, 0.4) is 0 Å². The van der Waals surface area contributed by atoms with Crippen LogP contribution in [0.5, 0.6) is 0 Å². The van der Waals surface area contributed by atoms with Gasteiger partial charge < -0.3 is 9.88 Å². The topological polar surface area (TPSA) is 90.1 Å². The number of amides is 1. The van der Waals surface area contributed by atoms with Crippen molar-refractivity contribution in [1.82, 2.24) is 14.9 Å². The molecule has 0 saturated heterocycles. The average molecular weight is 350 g/mol. The molecule has 0 fully saturated rings. The fourth-order valence-corrected chi connectivity index (χ4v) is 2.65. The summed E-state index contributed by atoms with van der Waals surface area (Å²) < 4.78 is 2.04. The third-order valence-corrected chi connectivity index (χ3v) is 4.04. The second kappa shape index (κ2) is 7.60. The van der Waals surface area contributed by atoms with E-state index in [1.807, 2.05) is 42.0 Å². The number of nitrogens with one attached hydrogen (secondary N) is 1. The Morgan fingerprint density at radius 3 is 2.69 bits per heavy atom. The minimum Gasteiger partial charge on any atom is -0.348 e. The Balaban J connectivity index is 1.65. The molecule has 3 aromatic rings. The predicted octanol–water partition coefficient (Wildman–Crippen LogP) is 3.08. The summed E-state index contributed by atoms with van der Waals surface area (Å²) in [5.74, 6) is 0.596. The zero-order valence-corrected chi connectivity index (χ0v) is 14.3. The number of imidazole rings is 1. The highest BCUT2D eigenvalue weighted by Crippen LogP contribution is 2.13. The molecule has 7 nitrogen and oxygen atoms in total. The van der Waals surface area contributed by atoms with Crippen molar-refractivity contribution in [2.45, 2.75) is 20.0 Å². The lowest BCUT2D eigenvalue weighted by atomic mass is 10.1. The van der Waals surface area contributed by atoms with Gasteiger partial charge in [0.15, 0.2) is 0 Å². The van der Waals surface area contributed by atoms with Crippen molar-refractivity contribution in [3.05, 3.63) is 93.6 Å². The molecule has 132 valence electrons. The average Bonchev–Trinajstić information content (AvgIpc) is 3.05. The van der Waals surface area contributed by atoms with Crippen molar-refractivity contribution >= 4 is 11.6 Å². The summed E-state index contributed by atoms with van der Waals surface area (Å²) >= 11 is 0. The molecule has 0 spiro atoms. The van der Waals surface area contributed by atoms with Gasteiger partial charge in [0.2, 0.25) is 0 Å². The number of aryl methyl sites for hydroxylation is 1. The SMILES string of the molecule is Cc1nccn1Cc1cccc(CNC(=O)c2cccc([N+](=O)[O-])c2)c1. The van der Waals surface area contributed by atoms with Crippen LogP contribution >= 0.6 is 0 Å². The summed E-state index contributed by atoms with van der Waals surface area (Å²) in [4.78, 5) is 26.7. The number of carbonyl (C=O) groups excluding carboxylic acids is 1. The van der Waals surface area contributed by atoms with Crippen LogP contribution in [0.25, 0.3) is 0 Å². The number of hydrogen-bond donors (Lipinski definition) is 1.